The highest BCUT2D eigenvalue weighted by Crippen LogP contribution is 2.25. The van der Waals surface area contributed by atoms with E-state index < -0.39 is 17.9 Å². The van der Waals surface area contributed by atoms with E-state index in [0.29, 0.717) is 22.3 Å². The maximum atomic E-state index is 14.1. The van der Waals surface area contributed by atoms with Crippen molar-refractivity contribution in [2.75, 3.05) is 13.7 Å². The van der Waals surface area contributed by atoms with E-state index in [0.717, 1.165) is 0 Å². The Labute approximate surface area is 145 Å². The van der Waals surface area contributed by atoms with Crippen LogP contribution in [0.5, 0.6) is 0 Å². The minimum Gasteiger partial charge on any atom is -0.469 e. The van der Waals surface area contributed by atoms with Gasteiger partial charge in [0.25, 0.3) is 5.91 Å². The molecule has 0 bridgehead atoms. The highest BCUT2D eigenvalue weighted by Gasteiger charge is 2.11. The Hall–Kier alpha value is -2.73. The lowest BCUT2D eigenvalue weighted by Gasteiger charge is -2.09. The van der Waals surface area contributed by atoms with Crippen LogP contribution in [0.2, 0.25) is 0 Å². The molecule has 2 aromatic rings. The molecule has 25 heavy (non-hydrogen) atoms. The summed E-state index contributed by atoms with van der Waals surface area (Å²) in [4.78, 5) is 23.3. The number of amides is 1. The number of hydrogen-bond acceptors (Lipinski definition) is 4. The zero-order chi connectivity index (χ0) is 18.4. The van der Waals surface area contributed by atoms with Crippen LogP contribution in [0.3, 0.4) is 0 Å². The van der Waals surface area contributed by atoms with E-state index in [9.17, 15) is 19.1 Å². The Morgan fingerprint density at radius 1 is 1.20 bits per heavy atom. The molecule has 0 saturated carbocycles. The van der Waals surface area contributed by atoms with Gasteiger partial charge in [-0.2, -0.15) is 0 Å². The maximum Gasteiger partial charge on any atom is 0.309 e. The molecular formula is C19H20FNO4. The van der Waals surface area contributed by atoms with Crippen LogP contribution in [-0.4, -0.2) is 36.7 Å². The van der Waals surface area contributed by atoms with E-state index in [-0.39, 0.29) is 18.9 Å². The van der Waals surface area contributed by atoms with E-state index >= 15 is 0 Å². The molecule has 0 heterocycles. The van der Waals surface area contributed by atoms with E-state index in [4.69, 9.17) is 0 Å². The van der Waals surface area contributed by atoms with Crippen molar-refractivity contribution in [1.82, 2.24) is 5.32 Å². The Kier molecular flexibility index (Phi) is 6.25. The van der Waals surface area contributed by atoms with E-state index in [1.807, 2.05) is 0 Å². The number of aliphatic hydroxyl groups is 1. The predicted molar refractivity (Wildman–Crippen MR) is 91.6 cm³/mol. The van der Waals surface area contributed by atoms with E-state index in [2.05, 4.69) is 10.1 Å². The fourth-order valence-electron chi connectivity index (χ4n) is 2.29. The monoisotopic (exact) mass is 345 g/mol. The van der Waals surface area contributed by atoms with Gasteiger partial charge in [-0.15, -0.1) is 0 Å². The third-order valence-electron chi connectivity index (χ3n) is 3.62. The van der Waals surface area contributed by atoms with Crippen LogP contribution < -0.4 is 5.32 Å². The molecule has 132 valence electrons. The van der Waals surface area contributed by atoms with Crippen molar-refractivity contribution in [2.24, 2.45) is 0 Å². The summed E-state index contributed by atoms with van der Waals surface area (Å²) in [6.45, 7) is 1.73. The first-order chi connectivity index (χ1) is 11.9. The lowest BCUT2D eigenvalue weighted by Crippen LogP contribution is -2.30. The second-order valence-corrected chi connectivity index (χ2v) is 5.70. The quantitative estimate of drug-likeness (QED) is 0.788. The van der Waals surface area contributed by atoms with Crippen molar-refractivity contribution in [2.45, 2.75) is 19.4 Å². The minimum atomic E-state index is -0.630. The van der Waals surface area contributed by atoms with Crippen molar-refractivity contribution in [3.63, 3.8) is 0 Å². The molecule has 5 nitrogen and oxygen atoms in total. The van der Waals surface area contributed by atoms with Gasteiger partial charge < -0.3 is 15.2 Å². The van der Waals surface area contributed by atoms with Crippen LogP contribution in [-0.2, 0) is 16.0 Å². The Morgan fingerprint density at radius 3 is 2.48 bits per heavy atom. The number of rotatable bonds is 6. The number of ether oxygens (including phenoxy) is 1. The zero-order valence-electron chi connectivity index (χ0n) is 14.1. The highest BCUT2D eigenvalue weighted by atomic mass is 19.1. The fraction of sp³-hybridized carbons (Fsp3) is 0.263. The van der Waals surface area contributed by atoms with Gasteiger partial charge in [0, 0.05) is 17.7 Å². The molecule has 0 radical (unpaired) electrons. The van der Waals surface area contributed by atoms with Gasteiger partial charge in [0.2, 0.25) is 0 Å². The summed E-state index contributed by atoms with van der Waals surface area (Å²) < 4.78 is 18.7. The van der Waals surface area contributed by atoms with Crippen LogP contribution >= 0.6 is 0 Å². The molecule has 0 fully saturated rings. The van der Waals surface area contributed by atoms with Crippen LogP contribution in [0.1, 0.15) is 22.8 Å². The average molecular weight is 345 g/mol. The van der Waals surface area contributed by atoms with E-state index in [1.54, 1.807) is 37.3 Å². The van der Waals surface area contributed by atoms with Crippen LogP contribution in [0.25, 0.3) is 11.1 Å². The smallest absolute Gasteiger partial charge is 0.309 e. The van der Waals surface area contributed by atoms with E-state index in [1.165, 1.54) is 19.2 Å². The fourth-order valence-corrected chi connectivity index (χ4v) is 2.29. The van der Waals surface area contributed by atoms with Gasteiger partial charge in [0.1, 0.15) is 5.82 Å². The third kappa shape index (κ3) is 5.12. The van der Waals surface area contributed by atoms with Gasteiger partial charge in [-0.1, -0.05) is 18.2 Å². The summed E-state index contributed by atoms with van der Waals surface area (Å²) in [5.74, 6) is -1.13. The molecule has 6 heteroatoms. The second-order valence-electron chi connectivity index (χ2n) is 5.70. The average Bonchev–Trinajstić information content (AvgIpc) is 2.61. The van der Waals surface area contributed by atoms with Gasteiger partial charge in [-0.05, 0) is 42.3 Å². The molecule has 2 rings (SSSR count). The molecule has 0 aromatic heterocycles. The number of aliphatic hydroxyl groups excluding tert-OH is 1. The topological polar surface area (TPSA) is 75.6 Å². The van der Waals surface area contributed by atoms with Gasteiger partial charge in [0.15, 0.2) is 0 Å². The summed E-state index contributed by atoms with van der Waals surface area (Å²) in [7, 11) is 1.30. The summed E-state index contributed by atoms with van der Waals surface area (Å²) in [6.07, 6.45) is -0.571. The van der Waals surface area contributed by atoms with Crippen molar-refractivity contribution in [1.29, 1.82) is 0 Å². The summed E-state index contributed by atoms with van der Waals surface area (Å²) in [5.41, 5.74) is 1.99. The number of carbonyl (C=O) groups excluding carboxylic acids is 2. The van der Waals surface area contributed by atoms with Gasteiger partial charge >= 0.3 is 5.97 Å². The molecule has 0 aliphatic carbocycles. The van der Waals surface area contributed by atoms with Crippen molar-refractivity contribution >= 4 is 11.9 Å². The largest absolute Gasteiger partial charge is 0.469 e. The Balaban J connectivity index is 2.20. The van der Waals surface area contributed by atoms with Crippen LogP contribution in [0.4, 0.5) is 4.39 Å². The standard InChI is InChI=1S/C19H20FNO4/c1-12(22)11-21-19(24)15-6-4-14(5-7-15)16-9-13(3-8-17(16)20)10-18(23)25-2/h3-9,12,22H,10-11H2,1-2H3,(H,21,24). The molecule has 0 aliphatic heterocycles. The van der Waals surface area contributed by atoms with Crippen LogP contribution in [0, 0.1) is 5.82 Å². The highest BCUT2D eigenvalue weighted by molar-refractivity contribution is 5.94. The number of methoxy groups -OCH3 is 1. The third-order valence-corrected chi connectivity index (χ3v) is 3.62. The number of nitrogens with one attached hydrogen (secondary N) is 1. The Bertz CT molecular complexity index is 757. The summed E-state index contributed by atoms with van der Waals surface area (Å²) in [6, 6.07) is 10.9. The molecule has 2 aromatic carbocycles. The van der Waals surface area contributed by atoms with Crippen molar-refractivity contribution < 1.29 is 23.8 Å². The number of hydrogen-bond donors (Lipinski definition) is 2. The predicted octanol–water partition coefficient (Wildman–Crippen LogP) is 2.32. The molecular weight excluding hydrogens is 325 g/mol. The van der Waals surface area contributed by atoms with Gasteiger partial charge in [-0.3, -0.25) is 9.59 Å². The SMILES string of the molecule is COC(=O)Cc1ccc(F)c(-c2ccc(C(=O)NCC(C)O)cc2)c1. The zero-order valence-corrected chi connectivity index (χ0v) is 14.1. The number of benzene rings is 2. The van der Waals surface area contributed by atoms with Crippen molar-refractivity contribution in [3.8, 4) is 11.1 Å². The van der Waals surface area contributed by atoms with Crippen molar-refractivity contribution in [3.05, 3.63) is 59.4 Å². The first-order valence-electron chi connectivity index (χ1n) is 7.82. The van der Waals surface area contributed by atoms with Gasteiger partial charge in [0.05, 0.1) is 19.6 Å². The lowest BCUT2D eigenvalue weighted by atomic mass is 10.00. The van der Waals surface area contributed by atoms with Crippen LogP contribution in [0.15, 0.2) is 42.5 Å². The first-order valence-corrected chi connectivity index (χ1v) is 7.82. The van der Waals surface area contributed by atoms with Gasteiger partial charge in [-0.25, -0.2) is 4.39 Å². The molecule has 0 saturated heterocycles. The minimum absolute atomic E-state index is 0.0591. The number of esters is 1. The first kappa shape index (κ1) is 18.6. The maximum absolute atomic E-state index is 14.1. The Morgan fingerprint density at radius 2 is 1.88 bits per heavy atom. The number of carbonyl (C=O) groups is 2. The molecule has 2 N–H and O–H groups in total. The normalized spacial score (nSPS) is 11.7. The molecule has 1 atom stereocenters. The molecule has 1 unspecified atom stereocenters. The lowest BCUT2D eigenvalue weighted by molar-refractivity contribution is -0.139. The second kappa shape index (κ2) is 8.39. The molecule has 0 spiro atoms. The molecule has 0 aliphatic rings. The summed E-state index contributed by atoms with van der Waals surface area (Å²) >= 11 is 0. The summed E-state index contributed by atoms with van der Waals surface area (Å²) in [5, 5.41) is 11.8. The number of halogens is 1. The molecule has 1 amide bonds.